The maximum Gasteiger partial charge on any atom is 0.246 e. The number of carbonyl (C=O) groups is 1. The highest BCUT2D eigenvalue weighted by Gasteiger charge is 2.01. The highest BCUT2D eigenvalue weighted by molar-refractivity contribution is 5.91. The zero-order chi connectivity index (χ0) is 10.3. The van der Waals surface area contributed by atoms with Crippen LogP contribution in [0.5, 0.6) is 0 Å². The largest absolute Gasteiger partial charge is 0.388 e. The van der Waals surface area contributed by atoms with Gasteiger partial charge in [0.05, 0.1) is 0 Å². The minimum absolute atomic E-state index is 0.347. The maximum atomic E-state index is 10.8. The smallest absolute Gasteiger partial charge is 0.246 e. The molecule has 76 valence electrons. The first-order valence-corrected chi connectivity index (χ1v) is 4.80. The molecule has 3 nitrogen and oxygen atoms in total. The van der Waals surface area contributed by atoms with Gasteiger partial charge in [-0.3, -0.25) is 4.79 Å². The summed E-state index contributed by atoms with van der Waals surface area (Å²) in [7, 11) is 0. The summed E-state index contributed by atoms with van der Waals surface area (Å²) in [6.45, 7) is 6.71. The standard InChI is InChI=1S/C10H20N2O/c1-4-5-6-7-12-9(3)8(2)10(11)13/h12H,4-7H2,1-3H3,(H2,11,13)/b9-8-. The van der Waals surface area contributed by atoms with E-state index < -0.39 is 0 Å². The van der Waals surface area contributed by atoms with Crippen molar-refractivity contribution in [3.8, 4) is 0 Å². The Morgan fingerprint density at radius 2 is 1.92 bits per heavy atom. The summed E-state index contributed by atoms with van der Waals surface area (Å²) in [5.41, 5.74) is 6.64. The second-order valence-corrected chi connectivity index (χ2v) is 3.25. The van der Waals surface area contributed by atoms with Crippen molar-refractivity contribution in [2.45, 2.75) is 40.0 Å². The Morgan fingerprint density at radius 1 is 1.31 bits per heavy atom. The summed E-state index contributed by atoms with van der Waals surface area (Å²) >= 11 is 0. The molecule has 0 atom stereocenters. The third-order valence-corrected chi connectivity index (χ3v) is 2.10. The number of hydrogen-bond acceptors (Lipinski definition) is 2. The van der Waals surface area contributed by atoms with Gasteiger partial charge >= 0.3 is 0 Å². The van der Waals surface area contributed by atoms with Crippen LogP contribution in [0.25, 0.3) is 0 Å². The van der Waals surface area contributed by atoms with Crippen LogP contribution in [0.1, 0.15) is 40.0 Å². The molecular formula is C10H20N2O. The van der Waals surface area contributed by atoms with Crippen LogP contribution in [0.4, 0.5) is 0 Å². The zero-order valence-electron chi connectivity index (χ0n) is 8.81. The first-order valence-electron chi connectivity index (χ1n) is 4.80. The third kappa shape index (κ3) is 5.28. The van der Waals surface area contributed by atoms with E-state index in [0.717, 1.165) is 18.7 Å². The van der Waals surface area contributed by atoms with Gasteiger partial charge in [0.15, 0.2) is 0 Å². The first-order chi connectivity index (χ1) is 6.09. The van der Waals surface area contributed by atoms with Gasteiger partial charge in [-0.25, -0.2) is 0 Å². The van der Waals surface area contributed by atoms with Crippen LogP contribution in [-0.2, 0) is 4.79 Å². The number of primary amides is 1. The molecule has 3 heteroatoms. The quantitative estimate of drug-likeness (QED) is 0.486. The number of hydrogen-bond donors (Lipinski definition) is 2. The molecule has 0 aromatic rings. The highest BCUT2D eigenvalue weighted by Crippen LogP contribution is 1.99. The molecule has 0 aromatic carbocycles. The predicted octanol–water partition coefficient (Wildman–Crippen LogP) is 1.55. The minimum Gasteiger partial charge on any atom is -0.388 e. The van der Waals surface area contributed by atoms with Gasteiger partial charge in [0.25, 0.3) is 0 Å². The van der Waals surface area contributed by atoms with Gasteiger partial charge in [-0.1, -0.05) is 19.8 Å². The van der Waals surface area contributed by atoms with E-state index in [1.807, 2.05) is 6.92 Å². The normalized spacial score (nSPS) is 12.2. The number of allylic oxidation sites excluding steroid dienone is 1. The van der Waals surface area contributed by atoms with Crippen LogP contribution < -0.4 is 11.1 Å². The van der Waals surface area contributed by atoms with Crippen LogP contribution in [0.15, 0.2) is 11.3 Å². The van der Waals surface area contributed by atoms with Crippen molar-refractivity contribution in [3.05, 3.63) is 11.3 Å². The highest BCUT2D eigenvalue weighted by atomic mass is 16.1. The monoisotopic (exact) mass is 184 g/mol. The van der Waals surface area contributed by atoms with E-state index in [2.05, 4.69) is 12.2 Å². The molecule has 0 spiro atoms. The number of amides is 1. The lowest BCUT2D eigenvalue weighted by atomic mass is 10.2. The third-order valence-electron chi connectivity index (χ3n) is 2.10. The fourth-order valence-electron chi connectivity index (χ4n) is 0.968. The average Bonchev–Trinajstić information content (AvgIpc) is 2.10. The van der Waals surface area contributed by atoms with Gasteiger partial charge in [0, 0.05) is 17.8 Å². The number of rotatable bonds is 6. The molecule has 13 heavy (non-hydrogen) atoms. The SMILES string of the molecule is CCCCCN/C(C)=C(/C)C(N)=O. The zero-order valence-corrected chi connectivity index (χ0v) is 8.81. The van der Waals surface area contributed by atoms with Crippen LogP contribution in [0.2, 0.25) is 0 Å². The summed E-state index contributed by atoms with van der Waals surface area (Å²) in [4.78, 5) is 10.8. The van der Waals surface area contributed by atoms with Crippen molar-refractivity contribution in [1.29, 1.82) is 0 Å². The second kappa shape index (κ2) is 6.52. The molecule has 0 aliphatic carbocycles. The number of nitrogens with one attached hydrogen (secondary N) is 1. The molecule has 0 saturated carbocycles. The van der Waals surface area contributed by atoms with E-state index in [1.165, 1.54) is 12.8 Å². The van der Waals surface area contributed by atoms with E-state index in [-0.39, 0.29) is 5.91 Å². The van der Waals surface area contributed by atoms with Gasteiger partial charge in [-0.05, 0) is 20.3 Å². The van der Waals surface area contributed by atoms with Crippen LogP contribution >= 0.6 is 0 Å². The molecule has 0 saturated heterocycles. The van der Waals surface area contributed by atoms with E-state index in [1.54, 1.807) is 6.92 Å². The van der Waals surface area contributed by atoms with E-state index >= 15 is 0 Å². The van der Waals surface area contributed by atoms with Crippen molar-refractivity contribution in [3.63, 3.8) is 0 Å². The predicted molar refractivity (Wildman–Crippen MR) is 55.1 cm³/mol. The Hall–Kier alpha value is -0.990. The van der Waals surface area contributed by atoms with Gasteiger partial charge in [0.2, 0.25) is 5.91 Å². The fourth-order valence-corrected chi connectivity index (χ4v) is 0.968. The van der Waals surface area contributed by atoms with Crippen LogP contribution in [0, 0.1) is 0 Å². The molecule has 0 heterocycles. The van der Waals surface area contributed by atoms with Crippen molar-refractivity contribution >= 4 is 5.91 Å². The van der Waals surface area contributed by atoms with Crippen molar-refractivity contribution < 1.29 is 4.79 Å². The summed E-state index contributed by atoms with van der Waals surface area (Å²) in [6.07, 6.45) is 3.56. The lowest BCUT2D eigenvalue weighted by Gasteiger charge is -2.08. The number of unbranched alkanes of at least 4 members (excludes halogenated alkanes) is 2. The van der Waals surface area contributed by atoms with E-state index in [4.69, 9.17) is 5.73 Å². The lowest BCUT2D eigenvalue weighted by molar-refractivity contribution is -0.114. The summed E-state index contributed by atoms with van der Waals surface area (Å²) < 4.78 is 0. The van der Waals surface area contributed by atoms with Crippen LogP contribution in [0.3, 0.4) is 0 Å². The van der Waals surface area contributed by atoms with Gasteiger partial charge in [-0.2, -0.15) is 0 Å². The molecule has 0 unspecified atom stereocenters. The van der Waals surface area contributed by atoms with Gasteiger partial charge in [0.1, 0.15) is 0 Å². The molecule has 0 fully saturated rings. The summed E-state index contributed by atoms with van der Waals surface area (Å²) in [5, 5.41) is 3.18. The molecule has 0 aromatic heterocycles. The summed E-state index contributed by atoms with van der Waals surface area (Å²) in [5.74, 6) is -0.347. The number of carbonyl (C=O) groups excluding carboxylic acids is 1. The molecule has 1 amide bonds. The molecule has 0 rings (SSSR count). The van der Waals surface area contributed by atoms with Gasteiger partial charge < -0.3 is 11.1 Å². The molecule has 3 N–H and O–H groups in total. The van der Waals surface area contributed by atoms with E-state index in [9.17, 15) is 4.79 Å². The minimum atomic E-state index is -0.347. The fraction of sp³-hybridized carbons (Fsp3) is 0.700. The molecule has 0 aliphatic heterocycles. The summed E-state index contributed by atoms with van der Waals surface area (Å²) in [6, 6.07) is 0. The molecular weight excluding hydrogens is 164 g/mol. The average molecular weight is 184 g/mol. The van der Waals surface area contributed by atoms with Crippen molar-refractivity contribution in [1.82, 2.24) is 5.32 Å². The number of nitrogens with two attached hydrogens (primary N) is 1. The molecule has 0 bridgehead atoms. The molecule has 0 radical (unpaired) electrons. The Bertz CT molecular complexity index is 197. The first kappa shape index (κ1) is 12.0. The molecule has 0 aliphatic rings. The van der Waals surface area contributed by atoms with E-state index in [0.29, 0.717) is 5.57 Å². The topological polar surface area (TPSA) is 55.1 Å². The van der Waals surface area contributed by atoms with Gasteiger partial charge in [-0.15, -0.1) is 0 Å². The van der Waals surface area contributed by atoms with Crippen molar-refractivity contribution in [2.24, 2.45) is 5.73 Å². The van der Waals surface area contributed by atoms with Crippen molar-refractivity contribution in [2.75, 3.05) is 6.54 Å². The maximum absolute atomic E-state index is 10.8. The second-order valence-electron chi connectivity index (χ2n) is 3.25. The Morgan fingerprint density at radius 3 is 2.38 bits per heavy atom. The Labute approximate surface area is 80.4 Å². The van der Waals surface area contributed by atoms with Crippen LogP contribution in [-0.4, -0.2) is 12.5 Å². The Kier molecular flexibility index (Phi) is 6.02. The Balaban J connectivity index is 3.79. The lowest BCUT2D eigenvalue weighted by Crippen LogP contribution is -2.20.